The highest BCUT2D eigenvalue weighted by Crippen LogP contribution is 2.26. The summed E-state index contributed by atoms with van der Waals surface area (Å²) in [7, 11) is -3.75. The van der Waals surface area contributed by atoms with Crippen molar-refractivity contribution in [1.82, 2.24) is 9.29 Å². The van der Waals surface area contributed by atoms with Crippen LogP contribution in [0.2, 0.25) is 0 Å². The van der Waals surface area contributed by atoms with E-state index in [1.54, 1.807) is 24.5 Å². The number of ether oxygens (including phenoxy) is 1. The van der Waals surface area contributed by atoms with E-state index >= 15 is 0 Å². The molecular weight excluding hydrogens is 322 g/mol. The molecule has 1 aromatic heterocycles. The number of benzene rings is 1. The molecule has 2 heterocycles. The van der Waals surface area contributed by atoms with E-state index in [-0.39, 0.29) is 29.8 Å². The number of non-ortho nitro benzene ring substituents is 1. The minimum Gasteiger partial charge on any atom is -0.486 e. The van der Waals surface area contributed by atoms with Crippen LogP contribution in [0.15, 0.2) is 53.7 Å². The van der Waals surface area contributed by atoms with E-state index in [2.05, 4.69) is 4.98 Å². The number of nitro groups is 1. The summed E-state index contributed by atoms with van der Waals surface area (Å²) in [5.74, 6) is 0.574. The zero-order chi connectivity index (χ0) is 16.4. The van der Waals surface area contributed by atoms with Crippen molar-refractivity contribution in [3.63, 3.8) is 0 Å². The third-order valence-corrected chi connectivity index (χ3v) is 5.25. The normalized spacial score (nSPS) is 15.8. The quantitative estimate of drug-likeness (QED) is 0.605. The molecule has 0 atom stereocenters. The van der Waals surface area contributed by atoms with Gasteiger partial charge in [-0.15, -0.1) is 0 Å². The van der Waals surface area contributed by atoms with E-state index < -0.39 is 14.9 Å². The number of nitrogens with zero attached hydrogens (tertiary/aromatic N) is 3. The Kier molecular flexibility index (Phi) is 3.97. The van der Waals surface area contributed by atoms with E-state index in [0.29, 0.717) is 5.75 Å². The van der Waals surface area contributed by atoms with Gasteiger partial charge in [0.05, 0.1) is 29.1 Å². The maximum atomic E-state index is 12.4. The van der Waals surface area contributed by atoms with Crippen LogP contribution in [0.5, 0.6) is 5.75 Å². The molecule has 0 unspecified atom stereocenters. The minimum absolute atomic E-state index is 0.0912. The molecule has 0 saturated carbocycles. The van der Waals surface area contributed by atoms with Gasteiger partial charge in [-0.1, -0.05) is 6.07 Å². The predicted molar refractivity (Wildman–Crippen MR) is 80.5 cm³/mol. The largest absolute Gasteiger partial charge is 0.486 e. The van der Waals surface area contributed by atoms with Crippen molar-refractivity contribution in [2.24, 2.45) is 0 Å². The molecule has 23 heavy (non-hydrogen) atoms. The topological polar surface area (TPSA) is 103 Å². The average Bonchev–Trinajstić information content (AvgIpc) is 2.51. The molecule has 1 fully saturated rings. The summed E-state index contributed by atoms with van der Waals surface area (Å²) in [6, 6.07) is 8.48. The van der Waals surface area contributed by atoms with E-state index in [0.717, 1.165) is 6.07 Å². The lowest BCUT2D eigenvalue weighted by Gasteiger charge is -2.37. The fourth-order valence-corrected chi connectivity index (χ4v) is 3.73. The fourth-order valence-electron chi connectivity index (χ4n) is 2.19. The van der Waals surface area contributed by atoms with Gasteiger partial charge in [0.25, 0.3) is 5.69 Å². The second-order valence-electron chi connectivity index (χ2n) is 5.01. The van der Waals surface area contributed by atoms with Gasteiger partial charge in [0, 0.05) is 18.3 Å². The zero-order valence-electron chi connectivity index (χ0n) is 11.9. The average molecular weight is 335 g/mol. The highest BCUT2D eigenvalue weighted by Gasteiger charge is 2.38. The van der Waals surface area contributed by atoms with E-state index in [1.807, 2.05) is 0 Å². The molecule has 3 rings (SSSR count). The number of rotatable bonds is 5. The maximum Gasteiger partial charge on any atom is 0.270 e. The highest BCUT2D eigenvalue weighted by atomic mass is 32.2. The Morgan fingerprint density at radius 3 is 2.70 bits per heavy atom. The number of nitro benzene ring substituents is 1. The number of hydrogen-bond donors (Lipinski definition) is 0. The smallest absolute Gasteiger partial charge is 0.270 e. The van der Waals surface area contributed by atoms with Gasteiger partial charge in [-0.05, 0) is 18.2 Å². The molecule has 8 nitrogen and oxygen atoms in total. The molecule has 0 amide bonds. The van der Waals surface area contributed by atoms with Crippen LogP contribution >= 0.6 is 0 Å². The summed E-state index contributed by atoms with van der Waals surface area (Å²) in [6.07, 6.45) is 2.91. The Hall–Kier alpha value is -2.52. The molecule has 1 aromatic carbocycles. The van der Waals surface area contributed by atoms with Crippen molar-refractivity contribution in [1.29, 1.82) is 0 Å². The molecule has 0 aliphatic carbocycles. The van der Waals surface area contributed by atoms with Gasteiger partial charge in [0.2, 0.25) is 10.0 Å². The lowest BCUT2D eigenvalue weighted by atomic mass is 10.2. The Morgan fingerprint density at radius 2 is 2.04 bits per heavy atom. The molecular formula is C14H13N3O5S. The summed E-state index contributed by atoms with van der Waals surface area (Å²) in [6.45, 7) is 0.389. The SMILES string of the molecule is O=[N+]([O-])c1cccc(S(=O)(=O)N2CC(Oc3cccnc3)C2)c1. The molecule has 1 aliphatic heterocycles. The first-order valence-electron chi connectivity index (χ1n) is 6.78. The minimum atomic E-state index is -3.75. The molecule has 0 bridgehead atoms. The number of aromatic nitrogens is 1. The van der Waals surface area contributed by atoms with Gasteiger partial charge in [0.1, 0.15) is 11.9 Å². The monoisotopic (exact) mass is 335 g/mol. The lowest BCUT2D eigenvalue weighted by molar-refractivity contribution is -0.385. The van der Waals surface area contributed by atoms with Crippen molar-refractivity contribution >= 4 is 15.7 Å². The van der Waals surface area contributed by atoms with Crippen LogP contribution in [-0.2, 0) is 10.0 Å². The van der Waals surface area contributed by atoms with Gasteiger partial charge < -0.3 is 4.74 Å². The Balaban J connectivity index is 1.68. The summed E-state index contributed by atoms with van der Waals surface area (Å²) in [4.78, 5) is 14.0. The summed E-state index contributed by atoms with van der Waals surface area (Å²) in [5, 5.41) is 10.8. The lowest BCUT2D eigenvalue weighted by Crippen LogP contribution is -2.55. The highest BCUT2D eigenvalue weighted by molar-refractivity contribution is 7.89. The number of sulfonamides is 1. The van der Waals surface area contributed by atoms with Crippen LogP contribution < -0.4 is 4.74 Å². The Morgan fingerprint density at radius 1 is 1.26 bits per heavy atom. The van der Waals surface area contributed by atoms with Gasteiger partial charge in [-0.2, -0.15) is 4.31 Å². The third kappa shape index (κ3) is 3.15. The zero-order valence-corrected chi connectivity index (χ0v) is 12.7. The van der Waals surface area contributed by atoms with Crippen LogP contribution in [0, 0.1) is 10.1 Å². The second-order valence-corrected chi connectivity index (χ2v) is 6.94. The first kappa shape index (κ1) is 15.4. The van der Waals surface area contributed by atoms with Gasteiger partial charge >= 0.3 is 0 Å². The van der Waals surface area contributed by atoms with Gasteiger partial charge in [-0.25, -0.2) is 8.42 Å². The number of pyridine rings is 1. The second kappa shape index (κ2) is 5.94. The van der Waals surface area contributed by atoms with Crippen molar-refractivity contribution in [3.05, 3.63) is 58.9 Å². The molecule has 0 radical (unpaired) electrons. The van der Waals surface area contributed by atoms with E-state index in [9.17, 15) is 18.5 Å². The van der Waals surface area contributed by atoms with E-state index in [4.69, 9.17) is 4.74 Å². The van der Waals surface area contributed by atoms with Crippen molar-refractivity contribution in [3.8, 4) is 5.75 Å². The molecule has 0 spiro atoms. The fraction of sp³-hybridized carbons (Fsp3) is 0.214. The summed E-state index contributed by atoms with van der Waals surface area (Å²) >= 11 is 0. The summed E-state index contributed by atoms with van der Waals surface area (Å²) in [5.41, 5.74) is -0.255. The Labute approximate surface area is 132 Å². The van der Waals surface area contributed by atoms with Crippen LogP contribution in [0.1, 0.15) is 0 Å². The molecule has 2 aromatic rings. The molecule has 9 heteroatoms. The van der Waals surface area contributed by atoms with Crippen molar-refractivity contribution < 1.29 is 18.1 Å². The molecule has 120 valence electrons. The first-order chi connectivity index (χ1) is 11.0. The number of hydrogen-bond acceptors (Lipinski definition) is 6. The molecule has 1 saturated heterocycles. The van der Waals surface area contributed by atoms with E-state index in [1.165, 1.54) is 22.5 Å². The van der Waals surface area contributed by atoms with Crippen molar-refractivity contribution in [2.45, 2.75) is 11.0 Å². The predicted octanol–water partition coefficient (Wildman–Crippen LogP) is 1.44. The molecule has 0 N–H and O–H groups in total. The van der Waals surface area contributed by atoms with Crippen LogP contribution in [0.25, 0.3) is 0 Å². The first-order valence-corrected chi connectivity index (χ1v) is 8.22. The third-order valence-electron chi connectivity index (χ3n) is 3.42. The summed E-state index contributed by atoms with van der Waals surface area (Å²) < 4.78 is 31.7. The van der Waals surface area contributed by atoms with Crippen LogP contribution in [-0.4, -0.2) is 41.8 Å². The van der Waals surface area contributed by atoms with Gasteiger partial charge in [-0.3, -0.25) is 15.1 Å². The maximum absolute atomic E-state index is 12.4. The molecule has 1 aliphatic rings. The standard InChI is InChI=1S/C14H13N3O5S/c18-17(19)11-3-1-5-14(7-11)23(20,21)16-9-13(10-16)22-12-4-2-6-15-8-12/h1-8,13H,9-10H2. The van der Waals surface area contributed by atoms with Crippen LogP contribution in [0.4, 0.5) is 5.69 Å². The Bertz CT molecular complexity index is 819. The van der Waals surface area contributed by atoms with Gasteiger partial charge in [0.15, 0.2) is 0 Å². The van der Waals surface area contributed by atoms with Crippen molar-refractivity contribution in [2.75, 3.05) is 13.1 Å². The van der Waals surface area contributed by atoms with Crippen LogP contribution in [0.3, 0.4) is 0 Å².